The van der Waals surface area contributed by atoms with E-state index in [1.807, 2.05) is 0 Å². The molecule has 2 aliphatic carbocycles. The number of fused-ring (bicyclic) bond motifs is 2. The van der Waals surface area contributed by atoms with E-state index in [0.717, 1.165) is 12.3 Å². The standard InChI is InChI=1S/C14H20O3/c1-3-13(17-14(15)16-2)12-8-10-5-4-6-11(7-10)9-12/h3,8,11-13H,1,4-7,9H2,2H3. The fourth-order valence-electron chi connectivity index (χ4n) is 3.00. The lowest BCUT2D eigenvalue weighted by Crippen LogP contribution is -2.29. The van der Waals surface area contributed by atoms with Gasteiger partial charge >= 0.3 is 6.16 Å². The molecule has 0 aromatic carbocycles. The van der Waals surface area contributed by atoms with Gasteiger partial charge in [0, 0.05) is 5.92 Å². The Kier molecular flexibility index (Phi) is 3.87. The van der Waals surface area contributed by atoms with Crippen LogP contribution in [0.3, 0.4) is 0 Å². The maximum Gasteiger partial charge on any atom is 0.508 e. The molecule has 1 saturated carbocycles. The van der Waals surface area contributed by atoms with Gasteiger partial charge in [-0.05, 0) is 38.0 Å². The molecule has 2 rings (SSSR count). The molecule has 0 aromatic rings. The third-order valence-electron chi connectivity index (χ3n) is 3.77. The molecule has 3 unspecified atom stereocenters. The Morgan fingerprint density at radius 2 is 2.47 bits per heavy atom. The molecular formula is C14H20O3. The molecule has 0 aromatic heterocycles. The van der Waals surface area contributed by atoms with E-state index in [9.17, 15) is 4.79 Å². The summed E-state index contributed by atoms with van der Waals surface area (Å²) in [6.45, 7) is 3.76. The van der Waals surface area contributed by atoms with Crippen molar-refractivity contribution in [1.82, 2.24) is 0 Å². The molecular weight excluding hydrogens is 216 g/mol. The summed E-state index contributed by atoms with van der Waals surface area (Å²) in [6.07, 6.45) is 9.26. The summed E-state index contributed by atoms with van der Waals surface area (Å²) in [6, 6.07) is 0. The maximum atomic E-state index is 11.2. The SMILES string of the molecule is C=CC(OC(=O)OC)C1C=C2CCCC(C2)C1. The number of methoxy groups -OCH3 is 1. The first-order valence-electron chi connectivity index (χ1n) is 6.29. The van der Waals surface area contributed by atoms with Crippen molar-refractivity contribution in [3.63, 3.8) is 0 Å². The third kappa shape index (κ3) is 2.90. The topological polar surface area (TPSA) is 35.5 Å². The van der Waals surface area contributed by atoms with E-state index >= 15 is 0 Å². The Labute approximate surface area is 102 Å². The van der Waals surface area contributed by atoms with Crippen LogP contribution in [-0.2, 0) is 9.47 Å². The van der Waals surface area contributed by atoms with Gasteiger partial charge in [0.2, 0.25) is 0 Å². The van der Waals surface area contributed by atoms with Gasteiger partial charge in [0.05, 0.1) is 7.11 Å². The quantitative estimate of drug-likeness (QED) is 0.556. The summed E-state index contributed by atoms with van der Waals surface area (Å²) in [7, 11) is 1.33. The summed E-state index contributed by atoms with van der Waals surface area (Å²) in [5.74, 6) is 1.04. The van der Waals surface area contributed by atoms with Crippen molar-refractivity contribution in [1.29, 1.82) is 0 Å². The Hall–Kier alpha value is -1.25. The molecule has 3 nitrogen and oxygen atoms in total. The first kappa shape index (κ1) is 12.2. The normalized spacial score (nSPS) is 28.9. The lowest BCUT2D eigenvalue weighted by Gasteiger charge is -2.35. The van der Waals surface area contributed by atoms with E-state index in [1.165, 1.54) is 38.4 Å². The molecule has 2 bridgehead atoms. The minimum absolute atomic E-state index is 0.252. The van der Waals surface area contributed by atoms with Crippen LogP contribution in [0.15, 0.2) is 24.3 Å². The van der Waals surface area contributed by atoms with Crippen LogP contribution in [0.5, 0.6) is 0 Å². The van der Waals surface area contributed by atoms with Crippen LogP contribution >= 0.6 is 0 Å². The van der Waals surface area contributed by atoms with Gasteiger partial charge in [0.15, 0.2) is 0 Å². The van der Waals surface area contributed by atoms with Gasteiger partial charge in [-0.25, -0.2) is 4.79 Å². The van der Waals surface area contributed by atoms with E-state index in [2.05, 4.69) is 17.4 Å². The highest BCUT2D eigenvalue weighted by Gasteiger charge is 2.30. The van der Waals surface area contributed by atoms with Crippen molar-refractivity contribution in [3.05, 3.63) is 24.3 Å². The lowest BCUT2D eigenvalue weighted by atomic mass is 9.73. The minimum Gasteiger partial charge on any atom is -0.438 e. The second-order valence-electron chi connectivity index (χ2n) is 4.96. The predicted octanol–water partition coefficient (Wildman–Crippen LogP) is 3.46. The van der Waals surface area contributed by atoms with Gasteiger partial charge in [-0.15, -0.1) is 0 Å². The van der Waals surface area contributed by atoms with E-state index in [1.54, 1.807) is 6.08 Å². The molecule has 0 saturated heterocycles. The van der Waals surface area contributed by atoms with Crippen LogP contribution in [0, 0.1) is 11.8 Å². The van der Waals surface area contributed by atoms with E-state index < -0.39 is 6.16 Å². The van der Waals surface area contributed by atoms with Crippen LogP contribution in [0.25, 0.3) is 0 Å². The van der Waals surface area contributed by atoms with E-state index in [0.29, 0.717) is 0 Å². The predicted molar refractivity (Wildman–Crippen MR) is 65.6 cm³/mol. The van der Waals surface area contributed by atoms with Crippen LogP contribution in [0.1, 0.15) is 32.1 Å². The average molecular weight is 236 g/mol. The van der Waals surface area contributed by atoms with Gasteiger partial charge in [0.1, 0.15) is 6.10 Å². The minimum atomic E-state index is -0.621. The number of rotatable bonds is 3. The Morgan fingerprint density at radius 3 is 3.12 bits per heavy atom. The smallest absolute Gasteiger partial charge is 0.438 e. The van der Waals surface area contributed by atoms with Crippen LogP contribution < -0.4 is 0 Å². The van der Waals surface area contributed by atoms with Gasteiger partial charge in [-0.3, -0.25) is 0 Å². The van der Waals surface area contributed by atoms with Crippen molar-refractivity contribution in [3.8, 4) is 0 Å². The second-order valence-corrected chi connectivity index (χ2v) is 4.96. The molecule has 0 spiro atoms. The van der Waals surface area contributed by atoms with Gasteiger partial charge in [0.25, 0.3) is 0 Å². The zero-order valence-electron chi connectivity index (χ0n) is 10.4. The number of allylic oxidation sites excluding steroid dienone is 1. The van der Waals surface area contributed by atoms with Crippen molar-refractivity contribution in [2.75, 3.05) is 7.11 Å². The molecule has 3 heteroatoms. The van der Waals surface area contributed by atoms with Gasteiger partial charge < -0.3 is 9.47 Å². The first-order chi connectivity index (χ1) is 8.22. The van der Waals surface area contributed by atoms with E-state index in [4.69, 9.17) is 4.74 Å². The number of hydrogen-bond acceptors (Lipinski definition) is 3. The Balaban J connectivity index is 2.04. The monoisotopic (exact) mass is 236 g/mol. The highest BCUT2D eigenvalue weighted by atomic mass is 16.7. The molecule has 0 aliphatic heterocycles. The molecule has 0 N–H and O–H groups in total. The Bertz CT molecular complexity index is 332. The van der Waals surface area contributed by atoms with Crippen molar-refractivity contribution in [2.24, 2.45) is 11.8 Å². The van der Waals surface area contributed by atoms with Crippen molar-refractivity contribution in [2.45, 2.75) is 38.2 Å². The van der Waals surface area contributed by atoms with Crippen LogP contribution in [0.2, 0.25) is 0 Å². The number of carbonyl (C=O) groups is 1. The van der Waals surface area contributed by atoms with Crippen LogP contribution in [0.4, 0.5) is 4.79 Å². The largest absolute Gasteiger partial charge is 0.508 e. The van der Waals surface area contributed by atoms with Crippen molar-refractivity contribution < 1.29 is 14.3 Å². The van der Waals surface area contributed by atoms with E-state index in [-0.39, 0.29) is 12.0 Å². The molecule has 3 atom stereocenters. The summed E-state index contributed by atoms with van der Waals surface area (Å²) >= 11 is 0. The van der Waals surface area contributed by atoms with Crippen molar-refractivity contribution >= 4 is 6.16 Å². The zero-order chi connectivity index (χ0) is 12.3. The Morgan fingerprint density at radius 1 is 1.65 bits per heavy atom. The molecule has 0 heterocycles. The molecule has 2 aliphatic rings. The summed E-state index contributed by atoms with van der Waals surface area (Å²) in [4.78, 5) is 11.2. The average Bonchev–Trinajstić information content (AvgIpc) is 2.35. The molecule has 0 amide bonds. The van der Waals surface area contributed by atoms with Gasteiger partial charge in [-0.2, -0.15) is 0 Å². The maximum absolute atomic E-state index is 11.2. The number of ether oxygens (including phenoxy) is 2. The fourth-order valence-corrected chi connectivity index (χ4v) is 3.00. The molecule has 0 radical (unpaired) electrons. The van der Waals surface area contributed by atoms with Gasteiger partial charge in [-0.1, -0.05) is 24.3 Å². The molecule has 94 valence electrons. The van der Waals surface area contributed by atoms with Crippen LogP contribution in [-0.4, -0.2) is 19.4 Å². The first-order valence-corrected chi connectivity index (χ1v) is 6.29. The molecule has 17 heavy (non-hydrogen) atoms. The highest BCUT2D eigenvalue weighted by molar-refractivity contribution is 5.60. The zero-order valence-corrected chi connectivity index (χ0v) is 10.4. The lowest BCUT2D eigenvalue weighted by molar-refractivity contribution is 0.0338. The summed E-state index contributed by atoms with van der Waals surface area (Å²) < 4.78 is 9.77. The number of carbonyl (C=O) groups excluding carboxylic acids is 1. The summed E-state index contributed by atoms with van der Waals surface area (Å²) in [5.41, 5.74) is 1.53. The highest BCUT2D eigenvalue weighted by Crippen LogP contribution is 2.40. The summed E-state index contributed by atoms with van der Waals surface area (Å²) in [5, 5.41) is 0. The number of hydrogen-bond donors (Lipinski definition) is 0. The second kappa shape index (κ2) is 5.39. The fraction of sp³-hybridized carbons (Fsp3) is 0.643. The molecule has 1 fully saturated rings. The third-order valence-corrected chi connectivity index (χ3v) is 3.77.